The summed E-state index contributed by atoms with van der Waals surface area (Å²) >= 11 is 0. The number of nitrogens with two attached hydrogens (primary N) is 3. The Labute approximate surface area is 106 Å². The highest BCUT2D eigenvalue weighted by molar-refractivity contribution is 5.96. The minimum absolute atomic E-state index is 0.149. The van der Waals surface area contributed by atoms with Gasteiger partial charge in [0.1, 0.15) is 0 Å². The molecule has 0 unspecified atom stereocenters. The summed E-state index contributed by atoms with van der Waals surface area (Å²) in [4.78, 5) is 23.0. The van der Waals surface area contributed by atoms with Gasteiger partial charge in [0, 0.05) is 23.5 Å². The summed E-state index contributed by atoms with van der Waals surface area (Å²) in [5, 5.41) is 2.62. The molecule has 6 nitrogen and oxygen atoms in total. The third-order valence-electron chi connectivity index (χ3n) is 2.60. The van der Waals surface area contributed by atoms with Gasteiger partial charge in [0.15, 0.2) is 0 Å². The van der Waals surface area contributed by atoms with Gasteiger partial charge in [-0.2, -0.15) is 0 Å². The number of nitrogens with one attached hydrogen (secondary N) is 1. The summed E-state index contributed by atoms with van der Waals surface area (Å²) in [6, 6.07) is 4.59. The SMILES string of the molecule is CC(C)(CNC(=O)c1cc(N)cc(N)c1)C(N)=O. The van der Waals surface area contributed by atoms with E-state index in [0.717, 1.165) is 0 Å². The van der Waals surface area contributed by atoms with Gasteiger partial charge in [0.05, 0.1) is 5.41 Å². The number of anilines is 2. The molecule has 0 saturated carbocycles. The maximum absolute atomic E-state index is 11.8. The Balaban J connectivity index is 2.75. The summed E-state index contributed by atoms with van der Waals surface area (Å²) in [6.07, 6.45) is 0. The fourth-order valence-electron chi connectivity index (χ4n) is 1.30. The van der Waals surface area contributed by atoms with Crippen molar-refractivity contribution in [2.45, 2.75) is 13.8 Å². The standard InChI is InChI=1S/C12H18N4O2/c1-12(2,11(15)18)6-16-10(17)7-3-8(13)5-9(14)4-7/h3-5H,6,13-14H2,1-2H3,(H2,15,18)(H,16,17). The van der Waals surface area contributed by atoms with Crippen LogP contribution in [0.3, 0.4) is 0 Å². The van der Waals surface area contributed by atoms with Crippen LogP contribution in [0.5, 0.6) is 0 Å². The van der Waals surface area contributed by atoms with E-state index in [1.807, 2.05) is 0 Å². The second-order valence-electron chi connectivity index (χ2n) is 4.82. The van der Waals surface area contributed by atoms with Gasteiger partial charge < -0.3 is 22.5 Å². The van der Waals surface area contributed by atoms with Crippen molar-refractivity contribution in [2.24, 2.45) is 11.1 Å². The Hall–Kier alpha value is -2.24. The van der Waals surface area contributed by atoms with Crippen molar-refractivity contribution in [3.8, 4) is 0 Å². The van der Waals surface area contributed by atoms with Crippen molar-refractivity contribution >= 4 is 23.2 Å². The molecule has 0 bridgehead atoms. The first-order chi connectivity index (χ1) is 8.22. The number of benzene rings is 1. The van der Waals surface area contributed by atoms with Crippen molar-refractivity contribution in [3.05, 3.63) is 23.8 Å². The molecule has 1 rings (SSSR count). The topological polar surface area (TPSA) is 124 Å². The van der Waals surface area contributed by atoms with E-state index in [2.05, 4.69) is 5.32 Å². The monoisotopic (exact) mass is 250 g/mol. The maximum Gasteiger partial charge on any atom is 0.251 e. The molecule has 0 aliphatic rings. The molecule has 1 aromatic rings. The van der Waals surface area contributed by atoms with Gasteiger partial charge in [-0.25, -0.2) is 0 Å². The first kappa shape index (κ1) is 13.8. The number of carbonyl (C=O) groups excluding carboxylic acids is 2. The molecule has 0 heterocycles. The molecule has 7 N–H and O–H groups in total. The van der Waals surface area contributed by atoms with Crippen LogP contribution in [0.2, 0.25) is 0 Å². The number of rotatable bonds is 4. The van der Waals surface area contributed by atoms with Gasteiger partial charge in [-0.15, -0.1) is 0 Å². The lowest BCUT2D eigenvalue weighted by molar-refractivity contribution is -0.125. The van der Waals surface area contributed by atoms with Gasteiger partial charge in [-0.3, -0.25) is 9.59 Å². The number of primary amides is 1. The molecule has 0 aromatic heterocycles. The molecule has 2 amide bonds. The molecule has 0 spiro atoms. The molecule has 0 fully saturated rings. The Morgan fingerprint density at radius 3 is 2.11 bits per heavy atom. The van der Waals surface area contributed by atoms with Crippen LogP contribution in [0.15, 0.2) is 18.2 Å². The van der Waals surface area contributed by atoms with Crippen LogP contribution in [0.25, 0.3) is 0 Å². The number of hydrogen-bond donors (Lipinski definition) is 4. The lowest BCUT2D eigenvalue weighted by atomic mass is 9.92. The molecule has 0 aliphatic carbocycles. The zero-order valence-electron chi connectivity index (χ0n) is 10.5. The molecule has 1 aromatic carbocycles. The van der Waals surface area contributed by atoms with E-state index < -0.39 is 11.3 Å². The second kappa shape index (κ2) is 4.95. The summed E-state index contributed by atoms with van der Waals surface area (Å²) in [6.45, 7) is 3.46. The normalized spacial score (nSPS) is 11.0. The Morgan fingerprint density at radius 2 is 1.67 bits per heavy atom. The zero-order valence-corrected chi connectivity index (χ0v) is 10.5. The molecule has 0 atom stereocenters. The van der Waals surface area contributed by atoms with Crippen LogP contribution >= 0.6 is 0 Å². The largest absolute Gasteiger partial charge is 0.399 e. The molecular formula is C12H18N4O2. The van der Waals surface area contributed by atoms with Crippen LogP contribution < -0.4 is 22.5 Å². The average molecular weight is 250 g/mol. The smallest absolute Gasteiger partial charge is 0.251 e. The lowest BCUT2D eigenvalue weighted by Gasteiger charge is -2.20. The van der Waals surface area contributed by atoms with Gasteiger partial charge in [0.25, 0.3) is 5.91 Å². The quantitative estimate of drug-likeness (QED) is 0.565. The Kier molecular flexibility index (Phi) is 3.80. The summed E-state index contributed by atoms with van der Waals surface area (Å²) < 4.78 is 0. The summed E-state index contributed by atoms with van der Waals surface area (Å²) in [5.41, 5.74) is 16.8. The minimum atomic E-state index is -0.804. The van der Waals surface area contributed by atoms with E-state index in [4.69, 9.17) is 17.2 Å². The highest BCUT2D eigenvalue weighted by atomic mass is 16.2. The lowest BCUT2D eigenvalue weighted by Crippen LogP contribution is -2.42. The molecule has 18 heavy (non-hydrogen) atoms. The third kappa shape index (κ3) is 3.38. The number of nitrogen functional groups attached to an aromatic ring is 2. The predicted molar refractivity (Wildman–Crippen MR) is 70.6 cm³/mol. The molecule has 0 saturated heterocycles. The van der Waals surface area contributed by atoms with E-state index in [0.29, 0.717) is 16.9 Å². The highest BCUT2D eigenvalue weighted by Gasteiger charge is 2.25. The second-order valence-corrected chi connectivity index (χ2v) is 4.82. The zero-order chi connectivity index (χ0) is 13.9. The first-order valence-electron chi connectivity index (χ1n) is 5.46. The predicted octanol–water partition coefficient (Wildman–Crippen LogP) is 0.0923. The van der Waals surface area contributed by atoms with E-state index in [1.165, 1.54) is 12.1 Å². The van der Waals surface area contributed by atoms with Crippen LogP contribution in [0, 0.1) is 5.41 Å². The van der Waals surface area contributed by atoms with Crippen LogP contribution in [-0.2, 0) is 4.79 Å². The van der Waals surface area contributed by atoms with Crippen molar-refractivity contribution in [2.75, 3.05) is 18.0 Å². The van der Waals surface area contributed by atoms with Gasteiger partial charge in [-0.1, -0.05) is 0 Å². The number of carbonyl (C=O) groups is 2. The molecule has 0 aliphatic heterocycles. The van der Waals surface area contributed by atoms with E-state index in [-0.39, 0.29) is 12.5 Å². The van der Waals surface area contributed by atoms with Crippen LogP contribution in [-0.4, -0.2) is 18.4 Å². The fourth-order valence-corrected chi connectivity index (χ4v) is 1.30. The van der Waals surface area contributed by atoms with Crippen LogP contribution in [0.1, 0.15) is 24.2 Å². The fraction of sp³-hybridized carbons (Fsp3) is 0.333. The molecule has 6 heteroatoms. The maximum atomic E-state index is 11.8. The van der Waals surface area contributed by atoms with Gasteiger partial charge in [-0.05, 0) is 32.0 Å². The average Bonchev–Trinajstić information content (AvgIpc) is 2.24. The van der Waals surface area contributed by atoms with Gasteiger partial charge >= 0.3 is 0 Å². The van der Waals surface area contributed by atoms with E-state index in [9.17, 15) is 9.59 Å². The summed E-state index contributed by atoms with van der Waals surface area (Å²) in [7, 11) is 0. The number of hydrogen-bond acceptors (Lipinski definition) is 4. The Bertz CT molecular complexity index is 463. The van der Waals surface area contributed by atoms with E-state index >= 15 is 0 Å². The first-order valence-corrected chi connectivity index (χ1v) is 5.46. The van der Waals surface area contributed by atoms with Crippen molar-refractivity contribution < 1.29 is 9.59 Å². The minimum Gasteiger partial charge on any atom is -0.399 e. The van der Waals surface area contributed by atoms with Gasteiger partial charge in [0.2, 0.25) is 5.91 Å². The van der Waals surface area contributed by atoms with Crippen LogP contribution in [0.4, 0.5) is 11.4 Å². The summed E-state index contributed by atoms with van der Waals surface area (Å²) in [5.74, 6) is -0.821. The van der Waals surface area contributed by atoms with Crippen molar-refractivity contribution in [3.63, 3.8) is 0 Å². The molecule has 0 radical (unpaired) electrons. The third-order valence-corrected chi connectivity index (χ3v) is 2.60. The number of amides is 2. The molecular weight excluding hydrogens is 232 g/mol. The molecule has 98 valence electrons. The van der Waals surface area contributed by atoms with E-state index in [1.54, 1.807) is 19.9 Å². The highest BCUT2D eigenvalue weighted by Crippen LogP contribution is 2.15. The Morgan fingerprint density at radius 1 is 1.17 bits per heavy atom. The van der Waals surface area contributed by atoms with Crippen molar-refractivity contribution in [1.29, 1.82) is 0 Å². The van der Waals surface area contributed by atoms with Crippen molar-refractivity contribution in [1.82, 2.24) is 5.32 Å².